The van der Waals surface area contributed by atoms with Crippen molar-refractivity contribution in [3.63, 3.8) is 0 Å². The quantitative estimate of drug-likeness (QED) is 0.794. The Balaban J connectivity index is 2.48. The van der Waals surface area contributed by atoms with E-state index < -0.39 is 0 Å². The van der Waals surface area contributed by atoms with Crippen LogP contribution in [0, 0.1) is 0 Å². The first-order valence-electron chi connectivity index (χ1n) is 4.53. The van der Waals surface area contributed by atoms with Gasteiger partial charge >= 0.3 is 0 Å². The van der Waals surface area contributed by atoms with Crippen molar-refractivity contribution >= 4 is 46.1 Å². The lowest BCUT2D eigenvalue weighted by molar-refractivity contribution is 0.894. The molecule has 5 heteroatoms. The molecule has 0 bridgehead atoms. The van der Waals surface area contributed by atoms with Crippen LogP contribution < -0.4 is 5.73 Å². The summed E-state index contributed by atoms with van der Waals surface area (Å²) in [5.74, 6) is 0. The molecule has 0 spiro atoms. The third-order valence-corrected chi connectivity index (χ3v) is 4.20. The Labute approximate surface area is 113 Å². The molecule has 1 aromatic heterocycles. The van der Waals surface area contributed by atoms with Gasteiger partial charge in [-0.05, 0) is 29.1 Å². The summed E-state index contributed by atoms with van der Waals surface area (Å²) in [5, 5.41) is 3.40. The molecule has 0 saturated heterocycles. The Hall–Kier alpha value is -0.250. The van der Waals surface area contributed by atoms with Gasteiger partial charge in [-0.25, -0.2) is 0 Å². The minimum atomic E-state index is -0.288. The summed E-state index contributed by atoms with van der Waals surface area (Å²) in [6.45, 7) is 0. The zero-order valence-electron chi connectivity index (χ0n) is 8.08. The third-order valence-electron chi connectivity index (χ3n) is 2.21. The summed E-state index contributed by atoms with van der Waals surface area (Å²) in [4.78, 5) is 1.03. The van der Waals surface area contributed by atoms with Crippen LogP contribution in [0.5, 0.6) is 0 Å². The Morgan fingerprint density at radius 3 is 2.56 bits per heavy atom. The van der Waals surface area contributed by atoms with Gasteiger partial charge in [-0.15, -0.1) is 11.3 Å². The molecule has 0 radical (unpaired) electrons. The number of halogens is 3. The summed E-state index contributed by atoms with van der Waals surface area (Å²) in [6, 6.07) is 6.97. The molecular weight excluding hydrogens is 285 g/mol. The molecule has 0 saturated carbocycles. The van der Waals surface area contributed by atoms with Crippen molar-refractivity contribution in [1.82, 2.24) is 0 Å². The lowest BCUT2D eigenvalue weighted by Gasteiger charge is -2.13. The SMILES string of the molecule is N[C@@H](c1cccs1)c1cc(Cl)cc(Cl)c1Cl. The van der Waals surface area contributed by atoms with Gasteiger partial charge < -0.3 is 5.73 Å². The fraction of sp³-hybridized carbons (Fsp3) is 0.0909. The molecule has 16 heavy (non-hydrogen) atoms. The van der Waals surface area contributed by atoms with Gasteiger partial charge in [-0.3, -0.25) is 0 Å². The largest absolute Gasteiger partial charge is 0.320 e. The maximum Gasteiger partial charge on any atom is 0.0661 e. The van der Waals surface area contributed by atoms with Crippen LogP contribution in [0.2, 0.25) is 15.1 Å². The number of hydrogen-bond donors (Lipinski definition) is 1. The molecule has 2 rings (SSSR count). The van der Waals surface area contributed by atoms with Crippen molar-refractivity contribution in [1.29, 1.82) is 0 Å². The summed E-state index contributed by atoms with van der Waals surface area (Å²) in [5.41, 5.74) is 6.86. The fourth-order valence-corrected chi connectivity index (χ4v) is 2.90. The summed E-state index contributed by atoms with van der Waals surface area (Å²) >= 11 is 19.6. The van der Waals surface area contributed by atoms with Gasteiger partial charge in [0, 0.05) is 9.90 Å². The third kappa shape index (κ3) is 2.36. The molecule has 0 unspecified atom stereocenters. The molecule has 84 valence electrons. The molecule has 1 aromatic carbocycles. The number of rotatable bonds is 2. The molecule has 2 N–H and O–H groups in total. The van der Waals surface area contributed by atoms with Crippen molar-refractivity contribution in [3.8, 4) is 0 Å². The highest BCUT2D eigenvalue weighted by Gasteiger charge is 2.16. The molecule has 1 atom stereocenters. The van der Waals surface area contributed by atoms with E-state index >= 15 is 0 Å². The van der Waals surface area contributed by atoms with E-state index in [9.17, 15) is 0 Å². The highest BCUT2D eigenvalue weighted by molar-refractivity contribution is 7.10. The number of nitrogens with two attached hydrogens (primary N) is 1. The minimum Gasteiger partial charge on any atom is -0.320 e. The van der Waals surface area contributed by atoms with Crippen LogP contribution in [-0.4, -0.2) is 0 Å². The average Bonchev–Trinajstić information content (AvgIpc) is 2.75. The summed E-state index contributed by atoms with van der Waals surface area (Å²) in [7, 11) is 0. The van der Waals surface area contributed by atoms with Gasteiger partial charge in [0.25, 0.3) is 0 Å². The predicted octanol–water partition coefficient (Wildman–Crippen LogP) is 4.76. The standard InChI is InChI=1S/C11H8Cl3NS/c12-6-4-7(10(14)8(13)5-6)11(15)9-2-1-3-16-9/h1-5,11H,15H2/t11-/m1/s1. The van der Waals surface area contributed by atoms with Crippen LogP contribution in [0.15, 0.2) is 29.6 Å². The van der Waals surface area contributed by atoms with Gasteiger partial charge in [0.05, 0.1) is 16.1 Å². The molecule has 1 nitrogen and oxygen atoms in total. The minimum absolute atomic E-state index is 0.288. The topological polar surface area (TPSA) is 26.0 Å². The van der Waals surface area contributed by atoms with E-state index in [1.165, 1.54) is 0 Å². The molecule has 1 heterocycles. The van der Waals surface area contributed by atoms with Crippen LogP contribution in [0.1, 0.15) is 16.5 Å². The second-order valence-corrected chi connectivity index (χ2v) is 5.48. The van der Waals surface area contributed by atoms with E-state index in [1.54, 1.807) is 23.5 Å². The van der Waals surface area contributed by atoms with Crippen molar-refractivity contribution in [3.05, 3.63) is 55.2 Å². The maximum atomic E-state index is 6.11. The zero-order chi connectivity index (χ0) is 11.7. The second kappa shape index (κ2) is 4.94. The van der Waals surface area contributed by atoms with E-state index in [2.05, 4.69) is 0 Å². The zero-order valence-corrected chi connectivity index (χ0v) is 11.2. The Morgan fingerprint density at radius 1 is 1.19 bits per heavy atom. The van der Waals surface area contributed by atoms with E-state index in [0.29, 0.717) is 15.1 Å². The lowest BCUT2D eigenvalue weighted by atomic mass is 10.1. The number of benzene rings is 1. The van der Waals surface area contributed by atoms with Crippen LogP contribution in [0.3, 0.4) is 0 Å². The van der Waals surface area contributed by atoms with Gasteiger partial charge in [-0.2, -0.15) is 0 Å². The monoisotopic (exact) mass is 291 g/mol. The highest BCUT2D eigenvalue weighted by atomic mass is 35.5. The molecule has 2 aromatic rings. The first-order chi connectivity index (χ1) is 7.59. The van der Waals surface area contributed by atoms with Crippen LogP contribution >= 0.6 is 46.1 Å². The lowest BCUT2D eigenvalue weighted by Crippen LogP contribution is -2.10. The smallest absolute Gasteiger partial charge is 0.0661 e. The first-order valence-corrected chi connectivity index (χ1v) is 6.54. The molecule has 0 aliphatic heterocycles. The Bertz CT molecular complexity index is 496. The van der Waals surface area contributed by atoms with E-state index in [4.69, 9.17) is 40.5 Å². The molecule has 0 amide bonds. The van der Waals surface area contributed by atoms with E-state index in [-0.39, 0.29) is 6.04 Å². The van der Waals surface area contributed by atoms with Gasteiger partial charge in [-0.1, -0.05) is 40.9 Å². The first kappa shape index (κ1) is 12.2. The fourth-order valence-electron chi connectivity index (χ4n) is 1.42. The van der Waals surface area contributed by atoms with Crippen molar-refractivity contribution < 1.29 is 0 Å². The number of hydrogen-bond acceptors (Lipinski definition) is 2. The predicted molar refractivity (Wildman–Crippen MR) is 71.8 cm³/mol. The van der Waals surface area contributed by atoms with Crippen LogP contribution in [0.4, 0.5) is 0 Å². The average molecular weight is 293 g/mol. The highest BCUT2D eigenvalue weighted by Crippen LogP contribution is 2.35. The second-order valence-electron chi connectivity index (χ2n) is 3.28. The summed E-state index contributed by atoms with van der Waals surface area (Å²) < 4.78 is 0. The van der Waals surface area contributed by atoms with Crippen molar-refractivity contribution in [2.45, 2.75) is 6.04 Å². The molecule has 0 aliphatic carbocycles. The van der Waals surface area contributed by atoms with E-state index in [1.807, 2.05) is 17.5 Å². The van der Waals surface area contributed by atoms with Gasteiger partial charge in [0.1, 0.15) is 0 Å². The Kier molecular flexibility index (Phi) is 3.77. The van der Waals surface area contributed by atoms with Crippen molar-refractivity contribution in [2.75, 3.05) is 0 Å². The van der Waals surface area contributed by atoms with Crippen LogP contribution in [-0.2, 0) is 0 Å². The van der Waals surface area contributed by atoms with Crippen molar-refractivity contribution in [2.24, 2.45) is 5.73 Å². The van der Waals surface area contributed by atoms with Crippen LogP contribution in [0.25, 0.3) is 0 Å². The van der Waals surface area contributed by atoms with Gasteiger partial charge in [0.15, 0.2) is 0 Å². The normalized spacial score (nSPS) is 12.8. The number of thiophene rings is 1. The Morgan fingerprint density at radius 2 is 1.94 bits per heavy atom. The molecule has 0 aliphatic rings. The summed E-state index contributed by atoms with van der Waals surface area (Å²) in [6.07, 6.45) is 0. The van der Waals surface area contributed by atoms with Gasteiger partial charge in [0.2, 0.25) is 0 Å². The molecular formula is C11H8Cl3NS. The maximum absolute atomic E-state index is 6.11. The van der Waals surface area contributed by atoms with E-state index in [0.717, 1.165) is 10.4 Å². The molecule has 0 fully saturated rings.